The van der Waals surface area contributed by atoms with Crippen LogP contribution in [0.4, 0.5) is 0 Å². The molecule has 0 aliphatic carbocycles. The number of carbonyl (C=O) groups is 2. The molecule has 1 aliphatic heterocycles. The van der Waals surface area contributed by atoms with Crippen LogP contribution < -0.4 is 0 Å². The molecule has 1 heterocycles. The molecule has 0 aromatic heterocycles. The molecule has 0 N–H and O–H groups in total. The van der Waals surface area contributed by atoms with E-state index in [1.807, 2.05) is 0 Å². The number of aldehydes is 1. The highest BCUT2D eigenvalue weighted by molar-refractivity contribution is 5.89. The molecule has 2 unspecified atom stereocenters. The summed E-state index contributed by atoms with van der Waals surface area (Å²) in [7, 11) is 0. The van der Waals surface area contributed by atoms with Gasteiger partial charge in [-0.25, -0.2) is 0 Å². The topological polar surface area (TPSA) is 43.4 Å². The molecular formula is C6H8O3. The quantitative estimate of drug-likeness (QED) is 0.286. The van der Waals surface area contributed by atoms with Gasteiger partial charge in [0, 0.05) is 6.42 Å². The molecule has 2 atom stereocenters. The Labute approximate surface area is 53.0 Å². The van der Waals surface area contributed by atoms with Gasteiger partial charge in [-0.1, -0.05) is 0 Å². The fraction of sp³-hybridized carbons (Fsp3) is 0.667. The number of hydrogen-bond acceptors (Lipinski definition) is 3. The first-order valence-electron chi connectivity index (χ1n) is 2.90. The lowest BCUT2D eigenvalue weighted by molar-refractivity contribution is -0.144. The monoisotopic (exact) mass is 128 g/mol. The Morgan fingerprint density at radius 1 is 1.78 bits per heavy atom. The smallest absolute Gasteiger partial charge is 0.316 e. The Morgan fingerprint density at radius 2 is 2.44 bits per heavy atom. The van der Waals surface area contributed by atoms with Gasteiger partial charge in [0.25, 0.3) is 0 Å². The highest BCUT2D eigenvalue weighted by atomic mass is 16.5. The molecule has 1 rings (SSSR count). The second-order valence-electron chi connectivity index (χ2n) is 2.23. The molecule has 0 bridgehead atoms. The van der Waals surface area contributed by atoms with Crippen molar-refractivity contribution >= 4 is 12.3 Å². The molecule has 9 heavy (non-hydrogen) atoms. The summed E-state index contributed by atoms with van der Waals surface area (Å²) in [5.41, 5.74) is 0. The number of rotatable bonds is 1. The van der Waals surface area contributed by atoms with Crippen molar-refractivity contribution in [2.75, 3.05) is 0 Å². The van der Waals surface area contributed by atoms with E-state index in [0.29, 0.717) is 12.7 Å². The largest absolute Gasteiger partial charge is 0.462 e. The summed E-state index contributed by atoms with van der Waals surface area (Å²) in [6, 6.07) is 0. The molecule has 50 valence electrons. The minimum absolute atomic E-state index is 0.0762. The summed E-state index contributed by atoms with van der Waals surface area (Å²) in [5, 5.41) is 0. The predicted molar refractivity (Wildman–Crippen MR) is 29.7 cm³/mol. The first-order chi connectivity index (χ1) is 4.24. The van der Waals surface area contributed by atoms with Gasteiger partial charge in [0.2, 0.25) is 0 Å². The molecule has 0 amide bonds. The van der Waals surface area contributed by atoms with Gasteiger partial charge in [-0.3, -0.25) is 4.79 Å². The van der Waals surface area contributed by atoms with Crippen molar-refractivity contribution in [3.8, 4) is 0 Å². The second-order valence-corrected chi connectivity index (χ2v) is 2.23. The average molecular weight is 128 g/mol. The van der Waals surface area contributed by atoms with Gasteiger partial charge in [0.1, 0.15) is 18.3 Å². The van der Waals surface area contributed by atoms with Crippen LogP contribution in [-0.4, -0.2) is 18.4 Å². The van der Waals surface area contributed by atoms with Crippen molar-refractivity contribution in [2.45, 2.75) is 19.4 Å². The van der Waals surface area contributed by atoms with Gasteiger partial charge < -0.3 is 9.53 Å². The third-order valence-electron chi connectivity index (χ3n) is 1.37. The van der Waals surface area contributed by atoms with Crippen LogP contribution in [0.2, 0.25) is 0 Å². The van der Waals surface area contributed by atoms with Crippen molar-refractivity contribution in [3.63, 3.8) is 0 Å². The molecule has 0 radical (unpaired) electrons. The lowest BCUT2D eigenvalue weighted by Crippen LogP contribution is -2.07. The Morgan fingerprint density at radius 3 is 2.67 bits per heavy atom. The molecule has 1 aliphatic rings. The molecule has 3 heteroatoms. The summed E-state index contributed by atoms with van der Waals surface area (Å²) >= 11 is 0. The Bertz CT molecular complexity index is 141. The number of ether oxygens (including phenoxy) is 1. The number of carbonyl (C=O) groups excluding carboxylic acids is 2. The molecular weight excluding hydrogens is 120 g/mol. The second kappa shape index (κ2) is 2.17. The van der Waals surface area contributed by atoms with Crippen LogP contribution in [0.25, 0.3) is 0 Å². The molecule has 0 aromatic carbocycles. The molecule has 1 saturated heterocycles. The predicted octanol–water partition coefficient (Wildman–Crippen LogP) is 0.137. The van der Waals surface area contributed by atoms with Crippen molar-refractivity contribution in [1.82, 2.24) is 0 Å². The third-order valence-corrected chi connectivity index (χ3v) is 1.37. The van der Waals surface area contributed by atoms with Gasteiger partial charge in [-0.05, 0) is 6.92 Å². The standard InChI is InChI=1S/C6H8O3/c1-4-2-5(3-7)6(8)9-4/h3-5H,2H2,1H3. The van der Waals surface area contributed by atoms with Crippen LogP contribution in [-0.2, 0) is 14.3 Å². The zero-order valence-electron chi connectivity index (χ0n) is 5.16. The van der Waals surface area contributed by atoms with Crippen molar-refractivity contribution < 1.29 is 14.3 Å². The molecule has 0 saturated carbocycles. The lowest BCUT2D eigenvalue weighted by atomic mass is 10.1. The van der Waals surface area contributed by atoms with Crippen molar-refractivity contribution in [2.24, 2.45) is 5.92 Å². The fourth-order valence-corrected chi connectivity index (χ4v) is 0.899. The Kier molecular flexibility index (Phi) is 1.51. The van der Waals surface area contributed by atoms with Crippen LogP contribution in [0.3, 0.4) is 0 Å². The van der Waals surface area contributed by atoms with E-state index in [1.165, 1.54) is 0 Å². The Balaban J connectivity index is 2.57. The highest BCUT2D eigenvalue weighted by Crippen LogP contribution is 2.17. The van der Waals surface area contributed by atoms with Gasteiger partial charge in [0.15, 0.2) is 0 Å². The van der Waals surface area contributed by atoms with Crippen LogP contribution in [0, 0.1) is 5.92 Å². The van der Waals surface area contributed by atoms with Crippen LogP contribution in [0.15, 0.2) is 0 Å². The van der Waals surface area contributed by atoms with E-state index in [0.717, 1.165) is 0 Å². The van der Waals surface area contributed by atoms with Gasteiger partial charge >= 0.3 is 5.97 Å². The van der Waals surface area contributed by atoms with E-state index in [9.17, 15) is 9.59 Å². The van der Waals surface area contributed by atoms with E-state index < -0.39 is 5.92 Å². The zero-order valence-corrected chi connectivity index (χ0v) is 5.16. The van der Waals surface area contributed by atoms with Gasteiger partial charge in [0.05, 0.1) is 0 Å². The fourth-order valence-electron chi connectivity index (χ4n) is 0.899. The maximum absolute atomic E-state index is 10.6. The first-order valence-corrected chi connectivity index (χ1v) is 2.90. The van der Waals surface area contributed by atoms with E-state index >= 15 is 0 Å². The SMILES string of the molecule is CC1CC(C=O)C(=O)O1. The molecule has 0 spiro atoms. The van der Waals surface area contributed by atoms with E-state index in [4.69, 9.17) is 4.74 Å². The van der Waals surface area contributed by atoms with Crippen molar-refractivity contribution in [3.05, 3.63) is 0 Å². The maximum Gasteiger partial charge on any atom is 0.316 e. The third kappa shape index (κ3) is 1.09. The molecule has 1 fully saturated rings. The molecule has 0 aromatic rings. The highest BCUT2D eigenvalue weighted by Gasteiger charge is 2.30. The zero-order chi connectivity index (χ0) is 6.85. The lowest BCUT2D eigenvalue weighted by Gasteiger charge is -1.95. The normalized spacial score (nSPS) is 34.1. The number of hydrogen-bond donors (Lipinski definition) is 0. The van der Waals surface area contributed by atoms with Crippen LogP contribution >= 0.6 is 0 Å². The van der Waals surface area contributed by atoms with Crippen LogP contribution in [0.5, 0.6) is 0 Å². The number of cyclic esters (lactones) is 1. The Hall–Kier alpha value is -0.860. The summed E-state index contributed by atoms with van der Waals surface area (Å²) in [5.74, 6) is -0.877. The summed E-state index contributed by atoms with van der Waals surface area (Å²) < 4.78 is 4.69. The summed E-state index contributed by atoms with van der Waals surface area (Å²) in [4.78, 5) is 20.6. The maximum atomic E-state index is 10.6. The number of esters is 1. The summed E-state index contributed by atoms with van der Waals surface area (Å²) in [6.45, 7) is 1.78. The van der Waals surface area contributed by atoms with Gasteiger partial charge in [-0.15, -0.1) is 0 Å². The molecule has 3 nitrogen and oxygen atoms in total. The minimum Gasteiger partial charge on any atom is -0.462 e. The average Bonchev–Trinajstić information content (AvgIpc) is 2.10. The van der Waals surface area contributed by atoms with E-state index in [2.05, 4.69) is 0 Å². The van der Waals surface area contributed by atoms with Crippen molar-refractivity contribution in [1.29, 1.82) is 0 Å². The minimum atomic E-state index is -0.500. The summed E-state index contributed by atoms with van der Waals surface area (Å²) in [6.07, 6.45) is 1.11. The van der Waals surface area contributed by atoms with E-state index in [-0.39, 0.29) is 12.1 Å². The first kappa shape index (κ1) is 6.26. The van der Waals surface area contributed by atoms with Crippen LogP contribution in [0.1, 0.15) is 13.3 Å². The van der Waals surface area contributed by atoms with E-state index in [1.54, 1.807) is 6.92 Å². The van der Waals surface area contributed by atoms with Gasteiger partial charge in [-0.2, -0.15) is 0 Å².